The molecule has 146 valence electrons. The Morgan fingerprint density at radius 3 is 2.74 bits per heavy atom. The molecule has 1 saturated heterocycles. The second-order valence-electron chi connectivity index (χ2n) is 6.90. The van der Waals surface area contributed by atoms with E-state index < -0.39 is 0 Å². The molecule has 1 aliphatic heterocycles. The average molecular weight is 390 g/mol. The Labute approximate surface area is 164 Å². The first kappa shape index (κ1) is 19.9. The molecular weight excluding hydrogens is 362 g/mol. The van der Waals surface area contributed by atoms with E-state index >= 15 is 0 Å². The molecule has 0 aliphatic carbocycles. The molecule has 0 saturated carbocycles. The molecule has 2 aromatic rings. The fourth-order valence-electron chi connectivity index (χ4n) is 3.27. The van der Waals surface area contributed by atoms with Crippen LogP contribution in [0, 0.1) is 0 Å². The molecular formula is C19H27N5O2S. The van der Waals surface area contributed by atoms with Crippen LogP contribution in [0.1, 0.15) is 31.2 Å². The number of rotatable bonds is 8. The predicted octanol–water partition coefficient (Wildman–Crippen LogP) is 2.77. The zero-order valence-electron chi connectivity index (χ0n) is 16.1. The van der Waals surface area contributed by atoms with Crippen LogP contribution in [-0.4, -0.2) is 51.6 Å². The van der Waals surface area contributed by atoms with Crippen LogP contribution in [0.4, 0.5) is 5.69 Å². The van der Waals surface area contributed by atoms with Crippen molar-refractivity contribution in [3.63, 3.8) is 0 Å². The number of aromatic nitrogens is 3. The number of amides is 1. The van der Waals surface area contributed by atoms with Gasteiger partial charge < -0.3 is 14.6 Å². The van der Waals surface area contributed by atoms with Gasteiger partial charge in [0.05, 0.1) is 19.2 Å². The normalized spacial score (nSPS) is 16.8. The molecule has 1 aromatic carbocycles. The van der Waals surface area contributed by atoms with E-state index in [1.165, 1.54) is 12.5 Å². The number of hydrogen-bond donors (Lipinski definition) is 1. The summed E-state index contributed by atoms with van der Waals surface area (Å²) < 4.78 is 7.98. The number of nitrogens with zero attached hydrogens (tertiary/aromatic N) is 4. The highest BCUT2D eigenvalue weighted by molar-refractivity contribution is 7.98. The molecule has 3 rings (SSSR count). The number of thioether (sulfide) groups is 1. The van der Waals surface area contributed by atoms with E-state index in [1.54, 1.807) is 11.8 Å². The van der Waals surface area contributed by atoms with E-state index in [0.717, 1.165) is 49.2 Å². The molecule has 0 radical (unpaired) electrons. The summed E-state index contributed by atoms with van der Waals surface area (Å²) in [5.74, 6) is 0.905. The SMILES string of the molecule is CSc1nnc(CN(C)Cc2ccc(NC(C)=O)cc2)n1C[C@@H]1CCCO1. The van der Waals surface area contributed by atoms with Crippen LogP contribution in [0.5, 0.6) is 0 Å². The molecule has 2 heterocycles. The number of anilines is 1. The Kier molecular flexibility index (Phi) is 6.87. The lowest BCUT2D eigenvalue weighted by molar-refractivity contribution is -0.114. The summed E-state index contributed by atoms with van der Waals surface area (Å²) in [6.07, 6.45) is 4.52. The maximum atomic E-state index is 11.1. The fraction of sp³-hybridized carbons (Fsp3) is 0.526. The Balaban J connectivity index is 1.62. The quantitative estimate of drug-likeness (QED) is 0.700. The van der Waals surface area contributed by atoms with Gasteiger partial charge in [0.25, 0.3) is 0 Å². The van der Waals surface area contributed by atoms with Gasteiger partial charge in [-0.05, 0) is 43.8 Å². The number of carbonyl (C=O) groups excluding carboxylic acids is 1. The first-order chi connectivity index (χ1) is 13.0. The van der Waals surface area contributed by atoms with E-state index in [9.17, 15) is 4.79 Å². The number of benzene rings is 1. The minimum absolute atomic E-state index is 0.0601. The van der Waals surface area contributed by atoms with Gasteiger partial charge in [0.2, 0.25) is 5.91 Å². The third kappa shape index (κ3) is 5.54. The highest BCUT2D eigenvalue weighted by Crippen LogP contribution is 2.21. The lowest BCUT2D eigenvalue weighted by atomic mass is 10.2. The Bertz CT molecular complexity index is 756. The van der Waals surface area contributed by atoms with Gasteiger partial charge in [0.1, 0.15) is 5.82 Å². The van der Waals surface area contributed by atoms with E-state index in [2.05, 4.69) is 32.0 Å². The first-order valence-corrected chi connectivity index (χ1v) is 10.4. The van der Waals surface area contributed by atoms with Gasteiger partial charge in [-0.15, -0.1) is 10.2 Å². The predicted molar refractivity (Wildman–Crippen MR) is 107 cm³/mol. The van der Waals surface area contributed by atoms with Crippen LogP contribution < -0.4 is 5.32 Å². The van der Waals surface area contributed by atoms with Gasteiger partial charge in [-0.1, -0.05) is 23.9 Å². The zero-order valence-corrected chi connectivity index (χ0v) is 17.0. The third-order valence-corrected chi connectivity index (χ3v) is 5.19. The Hall–Kier alpha value is -1.90. The second-order valence-corrected chi connectivity index (χ2v) is 7.67. The highest BCUT2D eigenvalue weighted by Gasteiger charge is 2.21. The van der Waals surface area contributed by atoms with E-state index in [4.69, 9.17) is 4.74 Å². The van der Waals surface area contributed by atoms with Crippen molar-refractivity contribution in [3.05, 3.63) is 35.7 Å². The van der Waals surface area contributed by atoms with E-state index in [-0.39, 0.29) is 12.0 Å². The molecule has 1 atom stereocenters. The minimum Gasteiger partial charge on any atom is -0.376 e. The van der Waals surface area contributed by atoms with Crippen LogP contribution in [0.15, 0.2) is 29.4 Å². The van der Waals surface area contributed by atoms with Crippen LogP contribution in [0.3, 0.4) is 0 Å². The standard InChI is InChI=1S/C19H27N5O2S/c1-14(25)20-16-8-6-15(7-9-16)11-23(2)13-18-21-22-19(27-3)24(18)12-17-5-4-10-26-17/h6-9,17H,4-5,10-13H2,1-3H3,(H,20,25)/t17-/m0/s1. The smallest absolute Gasteiger partial charge is 0.221 e. The number of hydrogen-bond acceptors (Lipinski definition) is 6. The summed E-state index contributed by atoms with van der Waals surface area (Å²) in [7, 11) is 2.07. The molecule has 1 amide bonds. The van der Waals surface area contributed by atoms with Gasteiger partial charge in [-0.25, -0.2) is 0 Å². The largest absolute Gasteiger partial charge is 0.376 e. The maximum absolute atomic E-state index is 11.1. The molecule has 1 fully saturated rings. The van der Waals surface area contributed by atoms with E-state index in [1.807, 2.05) is 30.5 Å². The molecule has 0 bridgehead atoms. The van der Waals surface area contributed by atoms with Gasteiger partial charge in [-0.2, -0.15) is 0 Å². The van der Waals surface area contributed by atoms with Crippen molar-refractivity contribution >= 4 is 23.4 Å². The number of carbonyl (C=O) groups is 1. The molecule has 0 spiro atoms. The third-order valence-electron chi connectivity index (χ3n) is 4.52. The lowest BCUT2D eigenvalue weighted by Crippen LogP contribution is -2.23. The van der Waals surface area contributed by atoms with Gasteiger partial charge in [0.15, 0.2) is 5.16 Å². The molecule has 1 aromatic heterocycles. The fourth-order valence-corrected chi connectivity index (χ4v) is 3.79. The van der Waals surface area contributed by atoms with E-state index in [0.29, 0.717) is 6.54 Å². The van der Waals surface area contributed by atoms with Crippen molar-refractivity contribution in [1.29, 1.82) is 0 Å². The van der Waals surface area contributed by atoms with Crippen molar-refractivity contribution in [2.24, 2.45) is 0 Å². The van der Waals surface area contributed by atoms with Crippen molar-refractivity contribution in [3.8, 4) is 0 Å². The molecule has 1 aliphatic rings. The maximum Gasteiger partial charge on any atom is 0.221 e. The van der Waals surface area contributed by atoms with Crippen LogP contribution >= 0.6 is 11.8 Å². The molecule has 7 nitrogen and oxygen atoms in total. The number of ether oxygens (including phenoxy) is 1. The zero-order chi connectivity index (χ0) is 19.2. The van der Waals surface area contributed by atoms with Crippen LogP contribution in [-0.2, 0) is 29.2 Å². The van der Waals surface area contributed by atoms with Crippen molar-refractivity contribution in [2.75, 3.05) is 25.2 Å². The number of nitrogens with one attached hydrogen (secondary N) is 1. The van der Waals surface area contributed by atoms with Crippen molar-refractivity contribution in [2.45, 2.75) is 50.7 Å². The van der Waals surface area contributed by atoms with Gasteiger partial charge >= 0.3 is 0 Å². The summed E-state index contributed by atoms with van der Waals surface area (Å²) in [6.45, 7) is 4.69. The molecule has 8 heteroatoms. The lowest BCUT2D eigenvalue weighted by Gasteiger charge is -2.19. The molecule has 0 unspecified atom stereocenters. The first-order valence-electron chi connectivity index (χ1n) is 9.18. The highest BCUT2D eigenvalue weighted by atomic mass is 32.2. The summed E-state index contributed by atoms with van der Waals surface area (Å²) in [6, 6.07) is 7.92. The molecule has 27 heavy (non-hydrogen) atoms. The topological polar surface area (TPSA) is 72.3 Å². The monoisotopic (exact) mass is 389 g/mol. The van der Waals surface area contributed by atoms with Crippen molar-refractivity contribution < 1.29 is 9.53 Å². The summed E-state index contributed by atoms with van der Waals surface area (Å²) in [4.78, 5) is 13.3. The molecule has 1 N–H and O–H groups in total. The van der Waals surface area contributed by atoms with Crippen LogP contribution in [0.2, 0.25) is 0 Å². The van der Waals surface area contributed by atoms with Gasteiger partial charge in [-0.3, -0.25) is 9.69 Å². The summed E-state index contributed by atoms with van der Waals surface area (Å²) in [5.41, 5.74) is 2.00. The minimum atomic E-state index is -0.0601. The van der Waals surface area contributed by atoms with Crippen LogP contribution in [0.25, 0.3) is 0 Å². The average Bonchev–Trinajstić information content (AvgIpc) is 3.27. The second kappa shape index (κ2) is 9.34. The Morgan fingerprint density at radius 1 is 1.33 bits per heavy atom. The summed E-state index contributed by atoms with van der Waals surface area (Å²) >= 11 is 1.62. The summed E-state index contributed by atoms with van der Waals surface area (Å²) in [5, 5.41) is 12.5. The van der Waals surface area contributed by atoms with Crippen molar-refractivity contribution in [1.82, 2.24) is 19.7 Å². The Morgan fingerprint density at radius 2 is 2.11 bits per heavy atom. The van der Waals surface area contributed by atoms with Gasteiger partial charge in [0, 0.05) is 25.8 Å².